The first-order valence-electron chi connectivity index (χ1n) is 8.78. The topological polar surface area (TPSA) is 83.3 Å². The second-order valence-corrected chi connectivity index (χ2v) is 6.59. The van der Waals surface area contributed by atoms with Gasteiger partial charge in [0.25, 0.3) is 0 Å². The monoisotopic (exact) mass is 343 g/mol. The van der Waals surface area contributed by atoms with Gasteiger partial charge in [-0.15, -0.1) is 0 Å². The first-order valence-corrected chi connectivity index (χ1v) is 8.78. The third kappa shape index (κ3) is 4.79. The van der Waals surface area contributed by atoms with Gasteiger partial charge in [0.1, 0.15) is 0 Å². The number of urea groups is 1. The van der Waals surface area contributed by atoms with Crippen LogP contribution in [0.2, 0.25) is 0 Å². The molecular weight excluding hydrogens is 318 g/mol. The number of aliphatic hydroxyl groups is 1. The highest BCUT2D eigenvalue weighted by molar-refractivity contribution is 5.88. The number of piperidine rings is 1. The number of hydrogen-bond acceptors (Lipinski definition) is 4. The van der Waals surface area contributed by atoms with Crippen molar-refractivity contribution >= 4 is 11.8 Å². The lowest BCUT2D eigenvalue weighted by Crippen LogP contribution is -2.44. The smallest absolute Gasteiger partial charge is 0.323 e. The fraction of sp³-hybridized carbons (Fsp3) is 0.500. The normalized spacial score (nSPS) is 18.8. The summed E-state index contributed by atoms with van der Waals surface area (Å²) >= 11 is 0. The second-order valence-electron chi connectivity index (χ2n) is 6.59. The Hall–Kier alpha value is -2.41. The maximum atomic E-state index is 12.4. The lowest BCUT2D eigenvalue weighted by molar-refractivity contribution is 0.0766. The third-order valence-electron chi connectivity index (χ3n) is 4.68. The van der Waals surface area contributed by atoms with Crippen LogP contribution >= 0.6 is 0 Å². The van der Waals surface area contributed by atoms with Gasteiger partial charge in [0, 0.05) is 50.2 Å². The average molecular weight is 343 g/mol. The van der Waals surface area contributed by atoms with Crippen LogP contribution in [0.25, 0.3) is 0 Å². The summed E-state index contributed by atoms with van der Waals surface area (Å²) in [6, 6.07) is 5.63. The molecule has 7 nitrogen and oxygen atoms in total. The molecule has 1 aliphatic rings. The van der Waals surface area contributed by atoms with Crippen LogP contribution in [-0.4, -0.2) is 50.0 Å². The van der Waals surface area contributed by atoms with Crippen molar-refractivity contribution in [1.82, 2.24) is 19.7 Å². The van der Waals surface area contributed by atoms with Crippen molar-refractivity contribution in [2.24, 2.45) is 5.92 Å². The molecule has 0 bridgehead atoms. The van der Waals surface area contributed by atoms with Crippen LogP contribution in [0.4, 0.5) is 10.6 Å². The van der Waals surface area contributed by atoms with Gasteiger partial charge in [0.15, 0.2) is 5.82 Å². The Morgan fingerprint density at radius 2 is 2.20 bits per heavy atom. The van der Waals surface area contributed by atoms with Gasteiger partial charge in [0.2, 0.25) is 0 Å². The molecule has 0 radical (unpaired) electrons. The molecule has 2 unspecified atom stereocenters. The second kappa shape index (κ2) is 8.11. The molecule has 0 aliphatic carbocycles. The zero-order valence-corrected chi connectivity index (χ0v) is 14.5. The summed E-state index contributed by atoms with van der Waals surface area (Å²) in [5.74, 6) is 0.705. The van der Waals surface area contributed by atoms with Gasteiger partial charge in [-0.3, -0.25) is 15.0 Å². The molecule has 2 amide bonds. The number of aliphatic hydroxyl groups excluding tert-OH is 1. The van der Waals surface area contributed by atoms with Gasteiger partial charge in [-0.05, 0) is 43.9 Å². The van der Waals surface area contributed by atoms with Crippen LogP contribution in [-0.2, 0) is 13.0 Å². The van der Waals surface area contributed by atoms with Crippen molar-refractivity contribution in [3.8, 4) is 0 Å². The van der Waals surface area contributed by atoms with Crippen molar-refractivity contribution in [2.45, 2.75) is 38.8 Å². The van der Waals surface area contributed by atoms with E-state index in [9.17, 15) is 9.90 Å². The molecule has 1 aliphatic heterocycles. The molecule has 2 aromatic heterocycles. The maximum Gasteiger partial charge on any atom is 0.323 e. The van der Waals surface area contributed by atoms with E-state index in [-0.39, 0.29) is 18.1 Å². The molecule has 0 spiro atoms. The first kappa shape index (κ1) is 17.4. The molecule has 2 N–H and O–H groups in total. The van der Waals surface area contributed by atoms with Crippen molar-refractivity contribution < 1.29 is 9.90 Å². The van der Waals surface area contributed by atoms with Crippen LogP contribution in [0.15, 0.2) is 36.8 Å². The van der Waals surface area contributed by atoms with E-state index in [0.29, 0.717) is 12.4 Å². The SMILES string of the molecule is CC(O)C1CCCN(C(=O)Nc2ccn(CCc3ccncc3)n2)C1. The average Bonchev–Trinajstić information content (AvgIpc) is 3.08. The zero-order chi connectivity index (χ0) is 17.6. The van der Waals surface area contributed by atoms with Gasteiger partial charge in [-0.25, -0.2) is 4.79 Å². The molecular formula is C18H25N5O2. The highest BCUT2D eigenvalue weighted by atomic mass is 16.3. The Morgan fingerprint density at radius 1 is 1.40 bits per heavy atom. The number of nitrogens with one attached hydrogen (secondary N) is 1. The molecule has 3 rings (SSSR count). The molecule has 0 aromatic carbocycles. The van der Waals surface area contributed by atoms with E-state index in [0.717, 1.165) is 32.4 Å². The summed E-state index contributed by atoms with van der Waals surface area (Å²) in [4.78, 5) is 18.2. The van der Waals surface area contributed by atoms with Gasteiger partial charge < -0.3 is 10.0 Å². The van der Waals surface area contributed by atoms with Crippen molar-refractivity contribution in [2.75, 3.05) is 18.4 Å². The molecule has 7 heteroatoms. The fourth-order valence-corrected chi connectivity index (χ4v) is 3.12. The number of amides is 2. The predicted octanol–water partition coefficient (Wildman–Crippen LogP) is 2.15. The van der Waals surface area contributed by atoms with Crippen LogP contribution < -0.4 is 5.32 Å². The molecule has 3 heterocycles. The summed E-state index contributed by atoms with van der Waals surface area (Å²) in [6.45, 7) is 3.84. The number of rotatable bonds is 5. The molecule has 1 fully saturated rings. The summed E-state index contributed by atoms with van der Waals surface area (Å²) in [5, 5.41) is 17.0. The summed E-state index contributed by atoms with van der Waals surface area (Å²) in [7, 11) is 0. The molecule has 134 valence electrons. The standard InChI is InChI=1S/C18H25N5O2/c1-14(24)16-3-2-10-22(13-16)18(25)20-17-7-12-23(21-17)11-6-15-4-8-19-9-5-15/h4-5,7-9,12,14,16,24H,2-3,6,10-11,13H2,1H3,(H,20,21,25). The van der Waals surface area contributed by atoms with E-state index in [1.807, 2.05) is 23.0 Å². The Morgan fingerprint density at radius 3 is 2.96 bits per heavy atom. The van der Waals surface area contributed by atoms with Gasteiger partial charge >= 0.3 is 6.03 Å². The maximum absolute atomic E-state index is 12.4. The molecule has 25 heavy (non-hydrogen) atoms. The minimum Gasteiger partial charge on any atom is -0.393 e. The first-order chi connectivity index (χ1) is 12.1. The zero-order valence-electron chi connectivity index (χ0n) is 14.5. The summed E-state index contributed by atoms with van der Waals surface area (Å²) in [6.07, 6.45) is 7.79. The van der Waals surface area contributed by atoms with Crippen molar-refractivity contribution in [1.29, 1.82) is 0 Å². The number of aryl methyl sites for hydroxylation is 2. The number of aromatic nitrogens is 3. The quantitative estimate of drug-likeness (QED) is 0.871. The Balaban J connectivity index is 1.51. The molecule has 2 atom stereocenters. The number of carbonyl (C=O) groups excluding carboxylic acids is 1. The van der Waals surface area contributed by atoms with E-state index in [2.05, 4.69) is 15.4 Å². The molecule has 0 saturated carbocycles. The molecule has 2 aromatic rings. The lowest BCUT2D eigenvalue weighted by atomic mass is 9.94. The highest BCUT2D eigenvalue weighted by Gasteiger charge is 2.26. The Bertz CT molecular complexity index is 686. The van der Waals surface area contributed by atoms with Crippen LogP contribution in [0.3, 0.4) is 0 Å². The largest absolute Gasteiger partial charge is 0.393 e. The number of pyridine rings is 1. The minimum absolute atomic E-state index is 0.148. The van der Waals surface area contributed by atoms with Crippen LogP contribution in [0.1, 0.15) is 25.3 Å². The highest BCUT2D eigenvalue weighted by Crippen LogP contribution is 2.20. The van der Waals surface area contributed by atoms with Crippen molar-refractivity contribution in [3.05, 3.63) is 42.4 Å². The minimum atomic E-state index is -0.386. The summed E-state index contributed by atoms with van der Waals surface area (Å²) in [5.41, 5.74) is 1.20. The van der Waals surface area contributed by atoms with Gasteiger partial charge in [-0.1, -0.05) is 0 Å². The summed E-state index contributed by atoms with van der Waals surface area (Å²) < 4.78 is 1.82. The van der Waals surface area contributed by atoms with E-state index >= 15 is 0 Å². The number of likely N-dealkylation sites (tertiary alicyclic amines) is 1. The van der Waals surface area contributed by atoms with Crippen LogP contribution in [0.5, 0.6) is 0 Å². The fourth-order valence-electron chi connectivity index (χ4n) is 3.12. The van der Waals surface area contributed by atoms with E-state index < -0.39 is 0 Å². The number of anilines is 1. The van der Waals surface area contributed by atoms with E-state index in [1.54, 1.807) is 30.3 Å². The van der Waals surface area contributed by atoms with E-state index in [1.165, 1.54) is 5.56 Å². The van der Waals surface area contributed by atoms with Gasteiger partial charge in [-0.2, -0.15) is 5.10 Å². The van der Waals surface area contributed by atoms with Crippen LogP contribution in [0, 0.1) is 5.92 Å². The number of carbonyl (C=O) groups is 1. The number of hydrogen-bond donors (Lipinski definition) is 2. The Labute approximate surface area is 147 Å². The lowest BCUT2D eigenvalue weighted by Gasteiger charge is -2.33. The predicted molar refractivity (Wildman–Crippen MR) is 95.2 cm³/mol. The van der Waals surface area contributed by atoms with E-state index in [4.69, 9.17) is 0 Å². The molecule has 1 saturated heterocycles. The van der Waals surface area contributed by atoms with Gasteiger partial charge in [0.05, 0.1) is 6.10 Å². The number of nitrogens with zero attached hydrogens (tertiary/aromatic N) is 4. The third-order valence-corrected chi connectivity index (χ3v) is 4.68. The van der Waals surface area contributed by atoms with Crippen molar-refractivity contribution in [3.63, 3.8) is 0 Å². The Kier molecular flexibility index (Phi) is 5.65.